The van der Waals surface area contributed by atoms with Crippen LogP contribution in [0.25, 0.3) is 27.9 Å². The predicted molar refractivity (Wildman–Crippen MR) is 193 cm³/mol. The molecule has 7 rings (SSSR count). The molecule has 1 saturated heterocycles. The second kappa shape index (κ2) is 14.2. The summed E-state index contributed by atoms with van der Waals surface area (Å²) in [6.07, 6.45) is 1.71. The number of aliphatic hydroxyl groups excluding tert-OH is 1. The number of fused-ring (bicyclic) bond motifs is 3. The Morgan fingerprint density at radius 2 is 1.38 bits per heavy atom. The molecule has 8 heteroatoms. The SMILES string of the molecule is COC(=O)/C=C/c1ccc2c(c1)c1ccccc1n2[C@H]1CC(O)[C@@H](COC(c2ccccc2)(c2ccc(OC)cc2)c2ccc(OC)cc2)O1. The van der Waals surface area contributed by atoms with Gasteiger partial charge in [-0.1, -0.05) is 78.9 Å². The van der Waals surface area contributed by atoms with Crippen molar-refractivity contribution in [2.75, 3.05) is 27.9 Å². The molecule has 2 heterocycles. The number of carbonyl (C=O) groups is 1. The molecule has 1 aliphatic rings. The summed E-state index contributed by atoms with van der Waals surface area (Å²) >= 11 is 0. The molecule has 3 atom stereocenters. The minimum atomic E-state index is -1.04. The number of hydrogen-bond donors (Lipinski definition) is 1. The fraction of sp³-hybridized carbons (Fsp3) is 0.214. The van der Waals surface area contributed by atoms with E-state index < -0.39 is 30.0 Å². The molecule has 1 unspecified atom stereocenters. The Bertz CT molecular complexity index is 2070. The highest BCUT2D eigenvalue weighted by atomic mass is 16.6. The number of esters is 1. The van der Waals surface area contributed by atoms with Crippen LogP contribution in [0.4, 0.5) is 0 Å². The van der Waals surface area contributed by atoms with E-state index in [-0.39, 0.29) is 6.61 Å². The summed E-state index contributed by atoms with van der Waals surface area (Å²) in [5.41, 5.74) is 4.52. The van der Waals surface area contributed by atoms with Gasteiger partial charge in [-0.2, -0.15) is 0 Å². The van der Waals surface area contributed by atoms with Gasteiger partial charge in [0, 0.05) is 23.3 Å². The number of ether oxygens (including phenoxy) is 5. The van der Waals surface area contributed by atoms with Crippen molar-refractivity contribution in [2.24, 2.45) is 0 Å². The number of aliphatic hydroxyl groups is 1. The number of methoxy groups -OCH3 is 3. The first-order chi connectivity index (χ1) is 24.4. The van der Waals surface area contributed by atoms with Crippen LogP contribution in [0.3, 0.4) is 0 Å². The van der Waals surface area contributed by atoms with Gasteiger partial charge < -0.3 is 33.4 Å². The van der Waals surface area contributed by atoms with E-state index >= 15 is 0 Å². The second-order valence-corrected chi connectivity index (χ2v) is 12.3. The summed E-state index contributed by atoms with van der Waals surface area (Å²) in [5, 5.41) is 13.6. The highest BCUT2D eigenvalue weighted by Crippen LogP contribution is 2.44. The molecule has 6 aromatic rings. The Balaban J connectivity index is 1.25. The van der Waals surface area contributed by atoms with Gasteiger partial charge in [-0.3, -0.25) is 0 Å². The molecule has 0 amide bonds. The van der Waals surface area contributed by atoms with Crippen molar-refractivity contribution in [2.45, 2.75) is 30.5 Å². The van der Waals surface area contributed by atoms with Gasteiger partial charge >= 0.3 is 5.97 Å². The summed E-state index contributed by atoms with van der Waals surface area (Å²) in [7, 11) is 4.65. The van der Waals surface area contributed by atoms with E-state index in [1.165, 1.54) is 13.2 Å². The Morgan fingerprint density at radius 3 is 2.02 bits per heavy atom. The average Bonchev–Trinajstić information content (AvgIpc) is 3.71. The molecule has 254 valence electrons. The van der Waals surface area contributed by atoms with Gasteiger partial charge in [0.25, 0.3) is 0 Å². The molecule has 1 aliphatic heterocycles. The van der Waals surface area contributed by atoms with Crippen molar-refractivity contribution in [1.82, 2.24) is 4.57 Å². The number of rotatable bonds is 11. The molecule has 0 radical (unpaired) electrons. The Labute approximate surface area is 291 Å². The lowest BCUT2D eigenvalue weighted by Gasteiger charge is -2.37. The van der Waals surface area contributed by atoms with Gasteiger partial charge in [0.1, 0.15) is 29.4 Å². The topological polar surface area (TPSA) is 88.4 Å². The lowest BCUT2D eigenvalue weighted by molar-refractivity contribution is -0.134. The Hall–Kier alpha value is -5.41. The van der Waals surface area contributed by atoms with Crippen LogP contribution < -0.4 is 9.47 Å². The van der Waals surface area contributed by atoms with Gasteiger partial charge in [-0.05, 0) is 70.8 Å². The molecule has 0 spiro atoms. The smallest absolute Gasteiger partial charge is 0.330 e. The monoisotopic (exact) mass is 669 g/mol. The summed E-state index contributed by atoms with van der Waals surface area (Å²) in [6, 6.07) is 40.0. The lowest BCUT2D eigenvalue weighted by Crippen LogP contribution is -2.38. The van der Waals surface area contributed by atoms with E-state index in [2.05, 4.69) is 34.9 Å². The second-order valence-electron chi connectivity index (χ2n) is 12.3. The fourth-order valence-electron chi connectivity index (χ4n) is 6.97. The lowest BCUT2D eigenvalue weighted by atomic mass is 9.80. The van der Waals surface area contributed by atoms with E-state index in [0.29, 0.717) is 6.42 Å². The highest BCUT2D eigenvalue weighted by Gasteiger charge is 2.42. The first kappa shape index (κ1) is 33.1. The number of benzene rings is 5. The maximum absolute atomic E-state index is 11.7. The van der Waals surface area contributed by atoms with Crippen LogP contribution in [0.2, 0.25) is 0 Å². The van der Waals surface area contributed by atoms with Crippen LogP contribution in [0.5, 0.6) is 11.5 Å². The summed E-state index contributed by atoms with van der Waals surface area (Å²) in [4.78, 5) is 11.7. The third-order valence-corrected chi connectivity index (χ3v) is 9.48. The number of aromatic nitrogens is 1. The molecule has 0 saturated carbocycles. The molecule has 8 nitrogen and oxygen atoms in total. The van der Waals surface area contributed by atoms with Crippen molar-refractivity contribution in [3.63, 3.8) is 0 Å². The van der Waals surface area contributed by atoms with Crippen molar-refractivity contribution >= 4 is 33.9 Å². The molecule has 0 aliphatic carbocycles. The zero-order valence-electron chi connectivity index (χ0n) is 28.2. The minimum absolute atomic E-state index is 0.115. The third kappa shape index (κ3) is 6.13. The van der Waals surface area contributed by atoms with Crippen LogP contribution in [-0.2, 0) is 24.6 Å². The number of hydrogen-bond acceptors (Lipinski definition) is 7. The van der Waals surface area contributed by atoms with Crippen molar-refractivity contribution < 1.29 is 33.6 Å². The van der Waals surface area contributed by atoms with Crippen molar-refractivity contribution in [3.05, 3.63) is 150 Å². The third-order valence-electron chi connectivity index (χ3n) is 9.48. The molecule has 1 fully saturated rings. The molecule has 1 aromatic heterocycles. The molecule has 0 bridgehead atoms. The first-order valence-corrected chi connectivity index (χ1v) is 16.6. The standard InChI is InChI=1S/C42H39NO7/c1-46-32-19-15-30(16-20-32)42(29-9-5-4-6-10-29,31-17-21-33(47-2)22-18-31)49-27-39-38(44)26-40(50-39)43-36-12-8-7-11-34(36)35-25-28(13-23-37(35)43)14-24-41(45)48-3/h4-25,38-40,44H,26-27H2,1-3H3/b24-14+/t38?,39-,40-/m1/s1. The Morgan fingerprint density at radius 1 is 0.780 bits per heavy atom. The van der Waals surface area contributed by atoms with Gasteiger partial charge in [-0.15, -0.1) is 0 Å². The summed E-state index contributed by atoms with van der Waals surface area (Å²) in [5.74, 6) is 1.06. The van der Waals surface area contributed by atoms with E-state index in [9.17, 15) is 9.90 Å². The molecule has 5 aromatic carbocycles. The van der Waals surface area contributed by atoms with Gasteiger partial charge in [0.2, 0.25) is 0 Å². The highest BCUT2D eigenvalue weighted by molar-refractivity contribution is 6.09. The molecular weight excluding hydrogens is 630 g/mol. The maximum atomic E-state index is 11.7. The quantitative estimate of drug-likeness (QED) is 0.0861. The van der Waals surface area contributed by atoms with Crippen LogP contribution in [-0.4, -0.2) is 55.8 Å². The van der Waals surface area contributed by atoms with Gasteiger partial charge in [0.15, 0.2) is 0 Å². The summed E-state index contributed by atoms with van der Waals surface area (Å²) in [6.45, 7) is 0.115. The van der Waals surface area contributed by atoms with Gasteiger partial charge in [0.05, 0.1) is 45.1 Å². The first-order valence-electron chi connectivity index (χ1n) is 16.6. The average molecular weight is 670 g/mol. The van der Waals surface area contributed by atoms with E-state index in [4.69, 9.17) is 23.7 Å². The minimum Gasteiger partial charge on any atom is -0.497 e. The van der Waals surface area contributed by atoms with E-state index in [1.807, 2.05) is 91.0 Å². The predicted octanol–water partition coefficient (Wildman–Crippen LogP) is 7.66. The van der Waals surface area contributed by atoms with Crippen LogP contribution in [0, 0.1) is 0 Å². The number of para-hydroxylation sites is 1. The van der Waals surface area contributed by atoms with Crippen molar-refractivity contribution in [1.29, 1.82) is 0 Å². The number of carbonyl (C=O) groups excluding carboxylic acids is 1. The number of nitrogens with zero attached hydrogens (tertiary/aromatic N) is 1. The van der Waals surface area contributed by atoms with E-state index in [1.54, 1.807) is 20.3 Å². The Kier molecular flexibility index (Phi) is 9.41. The van der Waals surface area contributed by atoms with E-state index in [0.717, 1.165) is 55.6 Å². The van der Waals surface area contributed by atoms with Crippen LogP contribution in [0.15, 0.2) is 127 Å². The van der Waals surface area contributed by atoms with Gasteiger partial charge in [-0.25, -0.2) is 4.79 Å². The normalized spacial score (nSPS) is 17.8. The maximum Gasteiger partial charge on any atom is 0.330 e. The van der Waals surface area contributed by atoms with Crippen LogP contribution in [0.1, 0.15) is 34.9 Å². The zero-order valence-corrected chi connectivity index (χ0v) is 28.2. The molecular formula is C42H39NO7. The summed E-state index contributed by atoms with van der Waals surface area (Å²) < 4.78 is 31.7. The largest absolute Gasteiger partial charge is 0.497 e. The fourth-order valence-corrected chi connectivity index (χ4v) is 6.97. The molecule has 50 heavy (non-hydrogen) atoms. The van der Waals surface area contributed by atoms with Crippen molar-refractivity contribution in [3.8, 4) is 11.5 Å². The zero-order chi connectivity index (χ0) is 34.7. The molecule has 1 N–H and O–H groups in total. The van der Waals surface area contributed by atoms with Crippen LogP contribution >= 0.6 is 0 Å².